The van der Waals surface area contributed by atoms with Crippen LogP contribution in [0.15, 0.2) is 42.5 Å². The van der Waals surface area contributed by atoms with Crippen molar-refractivity contribution < 1.29 is 4.39 Å². The van der Waals surface area contributed by atoms with Crippen LogP contribution in [0.25, 0.3) is 10.8 Å². The molecule has 156 valence electrons. The van der Waals surface area contributed by atoms with Gasteiger partial charge in [-0.1, -0.05) is 68.7 Å². The van der Waals surface area contributed by atoms with E-state index in [2.05, 4.69) is 31.2 Å². The zero-order valence-electron chi connectivity index (χ0n) is 18.3. The molecule has 0 bridgehead atoms. The molecule has 4 atom stereocenters. The average molecular weight is 393 g/mol. The van der Waals surface area contributed by atoms with E-state index < -0.39 is 0 Å². The van der Waals surface area contributed by atoms with Crippen LogP contribution in [0.2, 0.25) is 0 Å². The van der Waals surface area contributed by atoms with Crippen molar-refractivity contribution in [2.45, 2.75) is 84.0 Å². The lowest BCUT2D eigenvalue weighted by molar-refractivity contribution is 0.114. The third-order valence-electron chi connectivity index (χ3n) is 7.76. The molecule has 2 aromatic carbocycles. The van der Waals surface area contributed by atoms with E-state index in [9.17, 15) is 4.39 Å². The molecule has 0 spiro atoms. The predicted molar refractivity (Wildman–Crippen MR) is 123 cm³/mol. The summed E-state index contributed by atoms with van der Waals surface area (Å²) >= 11 is 0. The van der Waals surface area contributed by atoms with Crippen LogP contribution >= 0.6 is 0 Å². The average Bonchev–Trinajstić information content (AvgIpc) is 2.75. The Labute approximate surface area is 176 Å². The van der Waals surface area contributed by atoms with Crippen molar-refractivity contribution in [3.8, 4) is 0 Å². The first-order chi connectivity index (χ1) is 14.2. The van der Waals surface area contributed by atoms with Gasteiger partial charge in [0, 0.05) is 5.39 Å². The van der Waals surface area contributed by atoms with Crippen molar-refractivity contribution in [2.24, 2.45) is 17.8 Å². The van der Waals surface area contributed by atoms with Crippen LogP contribution in [-0.2, 0) is 6.42 Å². The number of rotatable bonds is 6. The molecule has 2 aliphatic rings. The fourth-order valence-electron chi connectivity index (χ4n) is 6.17. The van der Waals surface area contributed by atoms with Crippen molar-refractivity contribution in [1.29, 1.82) is 0 Å². The maximum Gasteiger partial charge on any atom is 0.134 e. The number of aryl methyl sites for hydroxylation is 1. The third-order valence-corrected chi connectivity index (χ3v) is 7.76. The Bertz CT molecular complexity index is 849. The number of hydrogen-bond donors (Lipinski definition) is 0. The first kappa shape index (κ1) is 20.6. The summed E-state index contributed by atoms with van der Waals surface area (Å²) in [6.45, 7) is 4.35. The molecule has 4 rings (SSSR count). The molecule has 0 aromatic heterocycles. The Balaban J connectivity index is 1.47. The molecule has 2 fully saturated rings. The van der Waals surface area contributed by atoms with Crippen LogP contribution in [0.1, 0.15) is 88.7 Å². The van der Waals surface area contributed by atoms with Crippen LogP contribution in [0.3, 0.4) is 0 Å². The number of halogens is 1. The van der Waals surface area contributed by atoms with Gasteiger partial charge >= 0.3 is 0 Å². The number of allylic oxidation sites excluding steroid dienone is 2. The van der Waals surface area contributed by atoms with Crippen molar-refractivity contribution in [2.75, 3.05) is 0 Å². The van der Waals surface area contributed by atoms with Crippen molar-refractivity contribution in [1.82, 2.24) is 0 Å². The zero-order chi connectivity index (χ0) is 20.2. The smallest absolute Gasteiger partial charge is 0.134 e. The maximum absolute atomic E-state index is 15.0. The standard InChI is InChI=1S/C28H37F/c1-3-5-6-8-21-11-14-26-19-25(15-16-27(26)28(21)29)24-13-12-22-17-20(7-4-2)9-10-23(22)18-24/h3,5,11,14-16,19-20,22-24H,4,6-10,12-13,17-18H2,1-2H3/b5-3+. The Hall–Kier alpha value is -1.63. The summed E-state index contributed by atoms with van der Waals surface area (Å²) in [5.74, 6) is 3.53. The Morgan fingerprint density at radius 3 is 2.66 bits per heavy atom. The van der Waals surface area contributed by atoms with Crippen molar-refractivity contribution in [3.05, 3.63) is 59.4 Å². The van der Waals surface area contributed by atoms with E-state index in [0.29, 0.717) is 5.92 Å². The summed E-state index contributed by atoms with van der Waals surface area (Å²) in [7, 11) is 0. The first-order valence-corrected chi connectivity index (χ1v) is 12.0. The van der Waals surface area contributed by atoms with Gasteiger partial charge in [0.15, 0.2) is 0 Å². The van der Waals surface area contributed by atoms with Gasteiger partial charge in [-0.05, 0) is 92.1 Å². The highest BCUT2D eigenvalue weighted by atomic mass is 19.1. The van der Waals surface area contributed by atoms with Gasteiger partial charge in [0.1, 0.15) is 5.82 Å². The van der Waals surface area contributed by atoms with E-state index in [1.165, 1.54) is 56.9 Å². The molecule has 2 aromatic rings. The first-order valence-electron chi connectivity index (χ1n) is 12.0. The number of fused-ring (bicyclic) bond motifs is 2. The number of benzene rings is 2. The SMILES string of the molecule is C/C=C/CCc1ccc2cc(C3CCC4CC(CCC)CCC4C3)ccc2c1F. The molecular weight excluding hydrogens is 355 g/mol. The zero-order valence-corrected chi connectivity index (χ0v) is 18.3. The molecule has 0 amide bonds. The predicted octanol–water partition coefficient (Wildman–Crippen LogP) is 8.59. The van der Waals surface area contributed by atoms with Crippen LogP contribution in [0.4, 0.5) is 4.39 Å². The molecular formula is C28H37F. The summed E-state index contributed by atoms with van der Waals surface area (Å²) in [6, 6.07) is 10.7. The molecule has 2 aliphatic carbocycles. The maximum atomic E-state index is 15.0. The Morgan fingerprint density at radius 2 is 1.83 bits per heavy atom. The lowest BCUT2D eigenvalue weighted by Crippen LogP contribution is -2.30. The highest BCUT2D eigenvalue weighted by molar-refractivity contribution is 5.84. The Morgan fingerprint density at radius 1 is 1.00 bits per heavy atom. The van der Waals surface area contributed by atoms with E-state index in [0.717, 1.165) is 46.9 Å². The van der Waals surface area contributed by atoms with E-state index >= 15 is 0 Å². The minimum absolute atomic E-state index is 0.0171. The highest BCUT2D eigenvalue weighted by Gasteiger charge is 2.35. The van der Waals surface area contributed by atoms with Crippen molar-refractivity contribution in [3.63, 3.8) is 0 Å². The minimum atomic E-state index is -0.0171. The third kappa shape index (κ3) is 4.60. The van der Waals surface area contributed by atoms with Crippen LogP contribution in [0, 0.1) is 23.6 Å². The minimum Gasteiger partial charge on any atom is -0.206 e. The monoisotopic (exact) mass is 392 g/mol. The Kier molecular flexibility index (Phi) is 6.73. The highest BCUT2D eigenvalue weighted by Crippen LogP contribution is 2.48. The van der Waals surface area contributed by atoms with Crippen LogP contribution in [-0.4, -0.2) is 0 Å². The second-order valence-electron chi connectivity index (χ2n) is 9.62. The fraction of sp³-hybridized carbons (Fsp3) is 0.571. The summed E-state index contributed by atoms with van der Waals surface area (Å²) in [5.41, 5.74) is 2.28. The largest absolute Gasteiger partial charge is 0.206 e. The topological polar surface area (TPSA) is 0 Å². The summed E-state index contributed by atoms with van der Waals surface area (Å²) in [5, 5.41) is 1.86. The molecule has 0 aliphatic heterocycles. The molecule has 0 N–H and O–H groups in total. The number of hydrogen-bond acceptors (Lipinski definition) is 0. The lowest BCUT2D eigenvalue weighted by Gasteiger charge is -2.42. The molecule has 29 heavy (non-hydrogen) atoms. The van der Waals surface area contributed by atoms with E-state index in [1.54, 1.807) is 0 Å². The summed E-state index contributed by atoms with van der Waals surface area (Å²) in [6.07, 6.45) is 17.0. The lowest BCUT2D eigenvalue weighted by atomic mass is 9.63. The second kappa shape index (κ2) is 9.45. The van der Waals surface area contributed by atoms with E-state index in [-0.39, 0.29) is 5.82 Å². The van der Waals surface area contributed by atoms with Gasteiger partial charge in [-0.15, -0.1) is 0 Å². The van der Waals surface area contributed by atoms with Gasteiger partial charge in [-0.2, -0.15) is 0 Å². The van der Waals surface area contributed by atoms with Crippen LogP contribution < -0.4 is 0 Å². The molecule has 4 unspecified atom stereocenters. The van der Waals surface area contributed by atoms with Gasteiger partial charge in [0.25, 0.3) is 0 Å². The molecule has 0 saturated heterocycles. The van der Waals surface area contributed by atoms with Crippen molar-refractivity contribution >= 4 is 10.8 Å². The quantitative estimate of drug-likeness (QED) is 0.432. The molecule has 0 radical (unpaired) electrons. The molecule has 1 heteroatoms. The summed E-state index contributed by atoms with van der Waals surface area (Å²) < 4.78 is 15.0. The second-order valence-corrected chi connectivity index (χ2v) is 9.62. The van der Waals surface area contributed by atoms with Gasteiger partial charge in [-0.25, -0.2) is 4.39 Å². The van der Waals surface area contributed by atoms with E-state index in [4.69, 9.17) is 0 Å². The summed E-state index contributed by atoms with van der Waals surface area (Å²) in [4.78, 5) is 0. The van der Waals surface area contributed by atoms with Crippen LogP contribution in [0.5, 0.6) is 0 Å². The van der Waals surface area contributed by atoms with Gasteiger partial charge in [0.2, 0.25) is 0 Å². The normalized spacial score (nSPS) is 27.4. The van der Waals surface area contributed by atoms with Gasteiger partial charge < -0.3 is 0 Å². The molecule has 2 saturated carbocycles. The van der Waals surface area contributed by atoms with Gasteiger partial charge in [-0.3, -0.25) is 0 Å². The van der Waals surface area contributed by atoms with Gasteiger partial charge in [0.05, 0.1) is 0 Å². The molecule has 0 heterocycles. The molecule has 0 nitrogen and oxygen atoms in total. The fourth-order valence-corrected chi connectivity index (χ4v) is 6.17. The van der Waals surface area contributed by atoms with E-state index in [1.807, 2.05) is 25.1 Å².